The number of fused-ring (bicyclic) bond motifs is 1. The van der Waals surface area contributed by atoms with E-state index in [1.807, 2.05) is 20.8 Å². The van der Waals surface area contributed by atoms with Crippen LogP contribution in [0.25, 0.3) is 0 Å². The second kappa shape index (κ2) is 8.26. The Kier molecular flexibility index (Phi) is 5.65. The van der Waals surface area contributed by atoms with Crippen molar-refractivity contribution in [2.24, 2.45) is 0 Å². The van der Waals surface area contributed by atoms with E-state index < -0.39 is 18.3 Å². The molecule has 0 radical (unpaired) electrons. The highest BCUT2D eigenvalue weighted by Gasteiger charge is 2.45. The van der Waals surface area contributed by atoms with Crippen molar-refractivity contribution >= 4 is 5.91 Å². The number of hydrogen-bond donors (Lipinski definition) is 0. The van der Waals surface area contributed by atoms with E-state index >= 15 is 0 Å². The summed E-state index contributed by atoms with van der Waals surface area (Å²) < 4.78 is 47.4. The van der Waals surface area contributed by atoms with Gasteiger partial charge in [0.15, 0.2) is 11.5 Å². The molecule has 1 saturated heterocycles. The molecule has 0 N–H and O–H groups in total. The van der Waals surface area contributed by atoms with Gasteiger partial charge in [-0.05, 0) is 19.1 Å². The van der Waals surface area contributed by atoms with Crippen LogP contribution in [0.1, 0.15) is 41.6 Å². The van der Waals surface area contributed by atoms with Gasteiger partial charge >= 0.3 is 6.29 Å². The molecule has 1 fully saturated rings. The van der Waals surface area contributed by atoms with Gasteiger partial charge in [0.25, 0.3) is 5.91 Å². The quantitative estimate of drug-likeness (QED) is 0.714. The number of hydrogen-bond acceptors (Lipinski definition) is 7. The van der Waals surface area contributed by atoms with Crippen molar-refractivity contribution in [1.29, 1.82) is 0 Å². The van der Waals surface area contributed by atoms with Gasteiger partial charge in [-0.25, -0.2) is 4.98 Å². The Labute approximate surface area is 178 Å². The van der Waals surface area contributed by atoms with Crippen molar-refractivity contribution in [3.63, 3.8) is 0 Å². The molecule has 2 aliphatic heterocycles. The fraction of sp³-hybridized carbons (Fsp3) is 0.476. The van der Waals surface area contributed by atoms with E-state index in [0.29, 0.717) is 24.9 Å². The van der Waals surface area contributed by atoms with Crippen molar-refractivity contribution in [2.75, 3.05) is 26.3 Å². The van der Waals surface area contributed by atoms with Gasteiger partial charge in [-0.15, -0.1) is 8.78 Å². The molecule has 2 aromatic rings. The Morgan fingerprint density at radius 3 is 2.90 bits per heavy atom. The molecule has 1 aromatic heterocycles. The SMILES string of the molecule is Cc1cc(OCC2CN(C(=O)c3cccc4c3OC(F)(F)O4)CCO2)nc(C(C)C)n1. The molecule has 3 heterocycles. The summed E-state index contributed by atoms with van der Waals surface area (Å²) in [5.74, 6) is 0.433. The van der Waals surface area contributed by atoms with E-state index in [9.17, 15) is 13.6 Å². The maximum absolute atomic E-state index is 13.4. The summed E-state index contributed by atoms with van der Waals surface area (Å²) >= 11 is 0. The van der Waals surface area contributed by atoms with Gasteiger partial charge in [0, 0.05) is 24.2 Å². The molecule has 31 heavy (non-hydrogen) atoms. The van der Waals surface area contributed by atoms with Gasteiger partial charge < -0.3 is 23.8 Å². The standard InChI is InChI=1S/C21H23F2N3O5/c1-12(2)19-24-13(3)9-17(25-19)29-11-14-10-26(7-8-28-14)20(27)15-5-4-6-16-18(15)31-21(22,23)30-16/h4-6,9,12,14H,7-8,10-11H2,1-3H3. The van der Waals surface area contributed by atoms with E-state index in [1.54, 1.807) is 6.07 Å². The summed E-state index contributed by atoms with van der Waals surface area (Å²) in [4.78, 5) is 23.3. The van der Waals surface area contributed by atoms with E-state index in [1.165, 1.54) is 23.1 Å². The lowest BCUT2D eigenvalue weighted by Gasteiger charge is -2.33. The second-order valence-corrected chi connectivity index (χ2v) is 7.72. The number of nitrogens with zero attached hydrogens (tertiary/aromatic N) is 3. The van der Waals surface area contributed by atoms with Crippen LogP contribution in [0, 0.1) is 6.92 Å². The first-order valence-corrected chi connectivity index (χ1v) is 10.00. The average molecular weight is 435 g/mol. The predicted octanol–water partition coefficient (Wildman–Crippen LogP) is 3.15. The molecule has 0 aliphatic carbocycles. The fourth-order valence-electron chi connectivity index (χ4n) is 3.38. The fourth-order valence-corrected chi connectivity index (χ4v) is 3.38. The number of carbonyl (C=O) groups is 1. The predicted molar refractivity (Wildman–Crippen MR) is 105 cm³/mol. The van der Waals surface area contributed by atoms with Crippen LogP contribution in [0.2, 0.25) is 0 Å². The Bertz CT molecular complexity index is 985. The minimum atomic E-state index is -3.79. The van der Waals surface area contributed by atoms with Gasteiger partial charge in [0.1, 0.15) is 18.5 Å². The zero-order valence-corrected chi connectivity index (χ0v) is 17.4. The smallest absolute Gasteiger partial charge is 0.475 e. The van der Waals surface area contributed by atoms with Crippen LogP contribution in [-0.2, 0) is 4.74 Å². The number of carbonyl (C=O) groups excluding carboxylic acids is 1. The van der Waals surface area contributed by atoms with Crippen LogP contribution < -0.4 is 14.2 Å². The Morgan fingerprint density at radius 1 is 1.32 bits per heavy atom. The van der Waals surface area contributed by atoms with Crippen molar-refractivity contribution in [1.82, 2.24) is 14.9 Å². The highest BCUT2D eigenvalue weighted by atomic mass is 19.3. The number of alkyl halides is 2. The van der Waals surface area contributed by atoms with Crippen molar-refractivity contribution in [2.45, 2.75) is 39.1 Å². The lowest BCUT2D eigenvalue weighted by atomic mass is 10.1. The molecule has 166 valence electrons. The molecule has 8 nitrogen and oxygen atoms in total. The van der Waals surface area contributed by atoms with Gasteiger partial charge in [-0.2, -0.15) is 4.98 Å². The van der Waals surface area contributed by atoms with Gasteiger partial charge in [-0.3, -0.25) is 4.79 Å². The molecule has 1 aromatic carbocycles. The van der Waals surface area contributed by atoms with Crippen LogP contribution in [0.3, 0.4) is 0 Å². The largest absolute Gasteiger partial charge is 0.586 e. The number of halogens is 2. The summed E-state index contributed by atoms with van der Waals surface area (Å²) in [5, 5.41) is 0. The Hall–Kier alpha value is -3.01. The number of benzene rings is 1. The van der Waals surface area contributed by atoms with Crippen molar-refractivity contribution in [3.05, 3.63) is 41.3 Å². The highest BCUT2D eigenvalue weighted by molar-refractivity contribution is 5.98. The lowest BCUT2D eigenvalue weighted by molar-refractivity contribution is -0.286. The summed E-state index contributed by atoms with van der Waals surface area (Å²) in [7, 11) is 0. The first-order valence-electron chi connectivity index (χ1n) is 10.00. The zero-order valence-electron chi connectivity index (χ0n) is 17.4. The normalized spacial score (nSPS) is 19.5. The average Bonchev–Trinajstić information content (AvgIpc) is 3.05. The maximum Gasteiger partial charge on any atom is 0.586 e. The van der Waals surface area contributed by atoms with E-state index in [2.05, 4.69) is 19.4 Å². The van der Waals surface area contributed by atoms with Gasteiger partial charge in [0.2, 0.25) is 5.88 Å². The first-order chi connectivity index (χ1) is 14.7. The molecule has 4 rings (SSSR count). The number of rotatable bonds is 5. The summed E-state index contributed by atoms with van der Waals surface area (Å²) in [5.41, 5.74) is 0.816. The van der Waals surface area contributed by atoms with Crippen LogP contribution in [0.5, 0.6) is 17.4 Å². The molecule has 1 unspecified atom stereocenters. The molecular formula is C21H23F2N3O5. The lowest BCUT2D eigenvalue weighted by Crippen LogP contribution is -2.47. The Morgan fingerprint density at radius 2 is 2.13 bits per heavy atom. The highest BCUT2D eigenvalue weighted by Crippen LogP contribution is 2.43. The van der Waals surface area contributed by atoms with Crippen LogP contribution in [0.4, 0.5) is 8.78 Å². The van der Waals surface area contributed by atoms with Crippen LogP contribution >= 0.6 is 0 Å². The maximum atomic E-state index is 13.4. The van der Waals surface area contributed by atoms with Crippen molar-refractivity contribution in [3.8, 4) is 17.4 Å². The summed E-state index contributed by atoms with van der Waals surface area (Å²) in [6, 6.07) is 5.98. The second-order valence-electron chi connectivity index (χ2n) is 7.72. The number of para-hydroxylation sites is 1. The third-order valence-corrected chi connectivity index (χ3v) is 4.87. The molecule has 1 amide bonds. The number of aryl methyl sites for hydroxylation is 1. The number of amides is 1. The van der Waals surface area contributed by atoms with Gasteiger partial charge in [-0.1, -0.05) is 19.9 Å². The minimum Gasteiger partial charge on any atom is -0.475 e. The molecule has 1 atom stereocenters. The minimum absolute atomic E-state index is 0.0178. The molecule has 0 spiro atoms. The van der Waals surface area contributed by atoms with Gasteiger partial charge in [0.05, 0.1) is 18.7 Å². The molecular weight excluding hydrogens is 412 g/mol. The molecule has 0 saturated carbocycles. The molecule has 10 heteroatoms. The molecule has 0 bridgehead atoms. The zero-order chi connectivity index (χ0) is 22.2. The van der Waals surface area contributed by atoms with E-state index in [4.69, 9.17) is 9.47 Å². The topological polar surface area (TPSA) is 83.0 Å². The molecule has 2 aliphatic rings. The number of aromatic nitrogens is 2. The number of ether oxygens (including phenoxy) is 4. The number of morpholine rings is 1. The van der Waals surface area contributed by atoms with Crippen LogP contribution in [-0.4, -0.2) is 59.5 Å². The Balaban J connectivity index is 1.42. The summed E-state index contributed by atoms with van der Waals surface area (Å²) in [6.07, 6.45) is -4.18. The first kappa shape index (κ1) is 21.2. The monoisotopic (exact) mass is 435 g/mol. The van der Waals surface area contributed by atoms with E-state index in [-0.39, 0.29) is 36.1 Å². The van der Waals surface area contributed by atoms with Crippen molar-refractivity contribution < 1.29 is 32.5 Å². The third-order valence-electron chi connectivity index (χ3n) is 4.87. The van der Waals surface area contributed by atoms with E-state index in [0.717, 1.165) is 5.69 Å². The summed E-state index contributed by atoms with van der Waals surface area (Å²) in [6.45, 7) is 6.89. The third kappa shape index (κ3) is 4.68. The van der Waals surface area contributed by atoms with Crippen LogP contribution in [0.15, 0.2) is 24.3 Å².